The fraction of sp³-hybridized carbons (Fsp3) is 0.440. The normalized spacial score (nSPS) is 24.6. The number of rotatable bonds is 4. The van der Waals surface area contributed by atoms with E-state index in [1.807, 2.05) is 11.4 Å². The van der Waals surface area contributed by atoms with Crippen molar-refractivity contribution in [1.29, 1.82) is 0 Å². The highest BCUT2D eigenvalue weighted by Crippen LogP contribution is 2.46. The molecule has 11 heteroatoms. The molecule has 1 aromatic heterocycles. The van der Waals surface area contributed by atoms with Crippen LogP contribution in [0.4, 0.5) is 15.3 Å². The number of nitrogens with zero attached hydrogens (tertiary/aromatic N) is 2. The zero-order valence-corrected chi connectivity index (χ0v) is 20.6. The second-order valence-electron chi connectivity index (χ2n) is 9.61. The Hall–Kier alpha value is -3.60. The lowest BCUT2D eigenvalue weighted by atomic mass is 9.94. The van der Waals surface area contributed by atoms with Gasteiger partial charge in [0.2, 0.25) is 11.5 Å². The van der Waals surface area contributed by atoms with Gasteiger partial charge in [0.25, 0.3) is 5.91 Å². The largest absolute Gasteiger partial charge is 0.490 e. The fourth-order valence-electron chi connectivity index (χ4n) is 5.41. The molecule has 1 spiro atoms. The predicted octanol–water partition coefficient (Wildman–Crippen LogP) is 2.82. The summed E-state index contributed by atoms with van der Waals surface area (Å²) in [6.07, 6.45) is 2.06. The Morgan fingerprint density at radius 1 is 1.22 bits per heavy atom. The van der Waals surface area contributed by atoms with Crippen molar-refractivity contribution in [2.24, 2.45) is 5.92 Å². The fourth-order valence-corrected chi connectivity index (χ4v) is 6.22. The molecule has 5 amide bonds. The highest BCUT2D eigenvalue weighted by molar-refractivity contribution is 7.10. The Morgan fingerprint density at radius 3 is 2.83 bits per heavy atom. The van der Waals surface area contributed by atoms with E-state index in [1.165, 1.54) is 18.4 Å². The quantitative estimate of drug-likeness (QED) is 0.653. The number of nitrogens with one attached hydrogen (secondary N) is 2. The maximum absolute atomic E-state index is 13.6. The second-order valence-corrected chi connectivity index (χ2v) is 10.6. The van der Waals surface area contributed by atoms with Crippen LogP contribution in [-0.2, 0) is 32.9 Å². The molecule has 10 nitrogen and oxygen atoms in total. The smallest absolute Gasteiger partial charge is 0.418 e. The molecular weight excluding hydrogens is 484 g/mol. The van der Waals surface area contributed by atoms with Crippen molar-refractivity contribution in [2.75, 3.05) is 25.5 Å². The number of urea groups is 1. The van der Waals surface area contributed by atoms with Gasteiger partial charge in [0.15, 0.2) is 0 Å². The molecule has 2 aromatic rings. The third-order valence-electron chi connectivity index (χ3n) is 7.45. The summed E-state index contributed by atoms with van der Waals surface area (Å²) in [5.41, 5.74) is 0.565. The van der Waals surface area contributed by atoms with Crippen LogP contribution in [0.5, 0.6) is 5.75 Å². The van der Waals surface area contributed by atoms with Gasteiger partial charge in [-0.05, 0) is 54.3 Å². The molecule has 2 atom stereocenters. The number of imide groups is 1. The summed E-state index contributed by atoms with van der Waals surface area (Å²) in [6.45, 7) is 0.441. The minimum absolute atomic E-state index is 0.0850. The van der Waals surface area contributed by atoms with Gasteiger partial charge < -0.3 is 25.0 Å². The van der Waals surface area contributed by atoms with Gasteiger partial charge in [-0.2, -0.15) is 0 Å². The molecule has 36 heavy (non-hydrogen) atoms. The number of fused-ring (bicyclic) bond motifs is 3. The van der Waals surface area contributed by atoms with Gasteiger partial charge in [-0.25, -0.2) is 14.5 Å². The number of amides is 5. The third-order valence-corrected chi connectivity index (χ3v) is 8.34. The first kappa shape index (κ1) is 22.8. The van der Waals surface area contributed by atoms with E-state index in [1.54, 1.807) is 23.1 Å². The van der Waals surface area contributed by atoms with Gasteiger partial charge in [-0.3, -0.25) is 9.59 Å². The molecule has 4 aliphatic rings. The number of thiophene rings is 1. The lowest BCUT2D eigenvalue weighted by Gasteiger charge is -2.30. The number of hydrogen-bond acceptors (Lipinski definition) is 7. The molecule has 6 rings (SSSR count). The summed E-state index contributed by atoms with van der Waals surface area (Å²) in [5, 5.41) is 7.13. The van der Waals surface area contributed by atoms with Crippen LogP contribution < -0.4 is 15.4 Å². The Kier molecular flexibility index (Phi) is 5.40. The van der Waals surface area contributed by atoms with E-state index in [2.05, 4.69) is 10.6 Å². The maximum atomic E-state index is 13.6. The van der Waals surface area contributed by atoms with Crippen LogP contribution >= 0.6 is 11.3 Å². The van der Waals surface area contributed by atoms with E-state index >= 15 is 0 Å². The Morgan fingerprint density at radius 2 is 2.06 bits per heavy atom. The van der Waals surface area contributed by atoms with Crippen LogP contribution in [0.15, 0.2) is 29.6 Å². The summed E-state index contributed by atoms with van der Waals surface area (Å²) in [4.78, 5) is 55.3. The van der Waals surface area contributed by atoms with Gasteiger partial charge >= 0.3 is 12.1 Å². The van der Waals surface area contributed by atoms with E-state index < -0.39 is 17.6 Å². The van der Waals surface area contributed by atoms with Gasteiger partial charge in [-0.1, -0.05) is 6.07 Å². The van der Waals surface area contributed by atoms with Crippen molar-refractivity contribution in [3.05, 3.63) is 45.6 Å². The van der Waals surface area contributed by atoms with Crippen LogP contribution in [0.2, 0.25) is 0 Å². The highest BCUT2D eigenvalue weighted by atomic mass is 32.1. The zero-order chi connectivity index (χ0) is 25.0. The number of hydrogen-bond donors (Lipinski definition) is 2. The number of aryl methyl sites for hydroxylation is 1. The molecule has 0 radical (unpaired) electrons. The van der Waals surface area contributed by atoms with Crippen molar-refractivity contribution < 1.29 is 28.7 Å². The Bertz CT molecular complexity index is 1270. The maximum Gasteiger partial charge on any atom is 0.418 e. The van der Waals surface area contributed by atoms with Crippen LogP contribution in [0, 0.1) is 5.92 Å². The van der Waals surface area contributed by atoms with Gasteiger partial charge in [0, 0.05) is 24.7 Å². The van der Waals surface area contributed by atoms with Crippen molar-refractivity contribution in [1.82, 2.24) is 15.1 Å². The van der Waals surface area contributed by atoms with E-state index in [4.69, 9.17) is 9.47 Å². The van der Waals surface area contributed by atoms with Gasteiger partial charge in [0.05, 0.1) is 17.5 Å². The molecule has 1 aromatic carbocycles. The molecule has 2 aliphatic carbocycles. The number of anilines is 1. The SMILES string of the molecule is CNC(=O)Nc1ccc2c(c1)CC[C@@]21OC(=O)N(CC(=O)N2Cc3sccc3OC[C@H]2C2CC2)C1=O. The van der Waals surface area contributed by atoms with Crippen molar-refractivity contribution in [3.63, 3.8) is 0 Å². The summed E-state index contributed by atoms with van der Waals surface area (Å²) in [5.74, 6) is 0.360. The van der Waals surface area contributed by atoms with Crippen LogP contribution in [0.3, 0.4) is 0 Å². The number of carbonyl (C=O) groups excluding carboxylic acids is 4. The average molecular weight is 511 g/mol. The summed E-state index contributed by atoms with van der Waals surface area (Å²) < 4.78 is 11.7. The molecule has 188 valence electrons. The molecule has 0 unspecified atom stereocenters. The number of ether oxygens (including phenoxy) is 2. The number of carbonyl (C=O) groups is 4. The lowest BCUT2D eigenvalue weighted by molar-refractivity contribution is -0.143. The Labute approximate surface area is 211 Å². The molecule has 2 aliphatic heterocycles. The first-order chi connectivity index (χ1) is 17.4. The van der Waals surface area contributed by atoms with Crippen LogP contribution in [-0.4, -0.2) is 60.0 Å². The molecule has 3 heterocycles. The van der Waals surface area contributed by atoms with Crippen molar-refractivity contribution >= 4 is 41.0 Å². The standard InChI is InChI=1S/C25H26N4O6S/c1-26-23(32)27-16-4-5-17-15(10-16)6-8-25(17)22(31)29(24(33)35-25)12-21(30)28-11-20-19(7-9-36-20)34-13-18(28)14-2-3-14/h4-5,7,9-10,14,18H,2-3,6,8,11-13H2,1H3,(H2,26,27,32)/t18-,25+/m0/s1. The molecule has 2 N–H and O–H groups in total. The minimum atomic E-state index is -1.43. The predicted molar refractivity (Wildman–Crippen MR) is 130 cm³/mol. The van der Waals surface area contributed by atoms with E-state index in [9.17, 15) is 19.2 Å². The van der Waals surface area contributed by atoms with Gasteiger partial charge in [-0.15, -0.1) is 11.3 Å². The molecule has 2 fully saturated rings. The van der Waals surface area contributed by atoms with Crippen LogP contribution in [0.25, 0.3) is 0 Å². The average Bonchev–Trinajstić information content (AvgIpc) is 3.50. The van der Waals surface area contributed by atoms with E-state index in [0.717, 1.165) is 33.9 Å². The summed E-state index contributed by atoms with van der Waals surface area (Å²) in [6, 6.07) is 6.64. The van der Waals surface area contributed by atoms with Crippen LogP contribution in [0.1, 0.15) is 35.3 Å². The van der Waals surface area contributed by atoms with Crippen molar-refractivity contribution in [2.45, 2.75) is 43.9 Å². The zero-order valence-electron chi connectivity index (χ0n) is 19.7. The highest BCUT2D eigenvalue weighted by Gasteiger charge is 2.58. The monoisotopic (exact) mass is 510 g/mol. The first-order valence-electron chi connectivity index (χ1n) is 12.1. The van der Waals surface area contributed by atoms with Crippen molar-refractivity contribution in [3.8, 4) is 5.75 Å². The lowest BCUT2D eigenvalue weighted by Crippen LogP contribution is -2.49. The minimum Gasteiger partial charge on any atom is -0.490 e. The summed E-state index contributed by atoms with van der Waals surface area (Å²) in [7, 11) is 1.52. The first-order valence-corrected chi connectivity index (χ1v) is 12.9. The molecule has 1 saturated carbocycles. The second kappa shape index (κ2) is 8.51. The molecule has 1 saturated heterocycles. The van der Waals surface area contributed by atoms with E-state index in [-0.39, 0.29) is 24.5 Å². The Balaban J connectivity index is 1.22. The molecule has 0 bridgehead atoms. The molecular formula is C25H26N4O6S. The van der Waals surface area contributed by atoms with Gasteiger partial charge in [0.1, 0.15) is 18.9 Å². The third kappa shape index (κ3) is 3.69. The summed E-state index contributed by atoms with van der Waals surface area (Å²) >= 11 is 1.53. The number of benzene rings is 1. The van der Waals surface area contributed by atoms with E-state index in [0.29, 0.717) is 43.2 Å². The topological polar surface area (TPSA) is 117 Å².